The fourth-order valence-corrected chi connectivity index (χ4v) is 3.62. The van der Waals surface area contributed by atoms with E-state index in [0.29, 0.717) is 6.54 Å². The van der Waals surface area contributed by atoms with Gasteiger partial charge in [0.15, 0.2) is 0 Å². The monoisotopic (exact) mass is 345 g/mol. The minimum atomic E-state index is -0.278. The Hall–Kier alpha value is -2.62. The Morgan fingerprint density at radius 2 is 1.46 bits per heavy atom. The zero-order chi connectivity index (χ0) is 17.8. The molecule has 3 nitrogen and oxygen atoms in total. The predicted molar refractivity (Wildman–Crippen MR) is 103 cm³/mol. The standard InChI is InChI=1S/C23H23NO2/c25-17-23(14-19-8-4-5-9-20(19)15-23)24-16-18-7-6-12-22(13-18)26-21-10-2-1-3-11-21/h1-13,24-25H,14-17H2. The molecule has 0 unspecified atom stereocenters. The third-order valence-electron chi connectivity index (χ3n) is 5.02. The van der Waals surface area contributed by atoms with Crippen LogP contribution in [-0.2, 0) is 19.4 Å². The van der Waals surface area contributed by atoms with E-state index in [9.17, 15) is 5.11 Å². The second-order valence-electron chi connectivity index (χ2n) is 6.98. The maximum absolute atomic E-state index is 10.0. The van der Waals surface area contributed by atoms with Crippen LogP contribution in [-0.4, -0.2) is 17.3 Å². The van der Waals surface area contributed by atoms with Gasteiger partial charge in [0.1, 0.15) is 11.5 Å². The summed E-state index contributed by atoms with van der Waals surface area (Å²) >= 11 is 0. The molecule has 0 saturated heterocycles. The Bertz CT molecular complexity index is 851. The quantitative estimate of drug-likeness (QED) is 0.707. The van der Waals surface area contributed by atoms with Gasteiger partial charge in [-0.1, -0.05) is 54.6 Å². The van der Waals surface area contributed by atoms with Gasteiger partial charge in [-0.25, -0.2) is 0 Å². The Balaban J connectivity index is 1.44. The lowest BCUT2D eigenvalue weighted by molar-refractivity contribution is 0.166. The summed E-state index contributed by atoms with van der Waals surface area (Å²) in [5.41, 5.74) is 3.52. The molecule has 132 valence electrons. The van der Waals surface area contributed by atoms with Crippen LogP contribution in [0.4, 0.5) is 0 Å². The van der Waals surface area contributed by atoms with Gasteiger partial charge in [0.05, 0.1) is 6.61 Å². The second kappa shape index (κ2) is 7.32. The van der Waals surface area contributed by atoms with Crippen molar-refractivity contribution in [3.8, 4) is 11.5 Å². The number of ether oxygens (including phenoxy) is 1. The van der Waals surface area contributed by atoms with Crippen molar-refractivity contribution in [1.29, 1.82) is 0 Å². The number of hydrogen-bond acceptors (Lipinski definition) is 3. The van der Waals surface area contributed by atoms with Gasteiger partial charge in [-0.3, -0.25) is 0 Å². The molecule has 26 heavy (non-hydrogen) atoms. The number of aliphatic hydroxyl groups excluding tert-OH is 1. The van der Waals surface area contributed by atoms with Gasteiger partial charge in [0.2, 0.25) is 0 Å². The first-order valence-corrected chi connectivity index (χ1v) is 9.01. The van der Waals surface area contributed by atoms with E-state index in [1.807, 2.05) is 48.5 Å². The van der Waals surface area contributed by atoms with E-state index in [2.05, 4.69) is 35.6 Å². The van der Waals surface area contributed by atoms with Crippen LogP contribution in [0.5, 0.6) is 11.5 Å². The predicted octanol–water partition coefficient (Wildman–Crippen LogP) is 4.10. The number of hydrogen-bond donors (Lipinski definition) is 2. The smallest absolute Gasteiger partial charge is 0.127 e. The summed E-state index contributed by atoms with van der Waals surface area (Å²) in [6.07, 6.45) is 1.72. The average molecular weight is 345 g/mol. The topological polar surface area (TPSA) is 41.5 Å². The Morgan fingerprint density at radius 3 is 2.15 bits per heavy atom. The maximum atomic E-state index is 10.0. The van der Waals surface area contributed by atoms with Gasteiger partial charge in [0, 0.05) is 12.1 Å². The zero-order valence-electron chi connectivity index (χ0n) is 14.7. The lowest BCUT2D eigenvalue weighted by Crippen LogP contribution is -2.49. The first kappa shape index (κ1) is 16.8. The summed E-state index contributed by atoms with van der Waals surface area (Å²) in [6.45, 7) is 0.822. The van der Waals surface area contributed by atoms with Crippen molar-refractivity contribution in [2.24, 2.45) is 0 Å². The molecule has 1 aliphatic carbocycles. The molecule has 3 aromatic rings. The van der Waals surface area contributed by atoms with Crippen LogP contribution >= 0.6 is 0 Å². The molecule has 1 aliphatic rings. The van der Waals surface area contributed by atoms with Crippen LogP contribution in [0.15, 0.2) is 78.9 Å². The third-order valence-corrected chi connectivity index (χ3v) is 5.02. The molecule has 4 rings (SSSR count). The summed E-state index contributed by atoms with van der Waals surface area (Å²) in [4.78, 5) is 0. The van der Waals surface area contributed by atoms with E-state index in [4.69, 9.17) is 4.74 Å². The van der Waals surface area contributed by atoms with Gasteiger partial charge in [-0.05, 0) is 53.8 Å². The fraction of sp³-hybridized carbons (Fsp3) is 0.217. The molecule has 0 radical (unpaired) electrons. The van der Waals surface area contributed by atoms with Crippen LogP contribution in [0, 0.1) is 0 Å². The molecule has 3 heteroatoms. The second-order valence-corrected chi connectivity index (χ2v) is 6.98. The van der Waals surface area contributed by atoms with Crippen LogP contribution in [0.1, 0.15) is 16.7 Å². The Labute approximate surface area is 154 Å². The average Bonchev–Trinajstić information content (AvgIpc) is 3.07. The van der Waals surface area contributed by atoms with Gasteiger partial charge in [-0.2, -0.15) is 0 Å². The van der Waals surface area contributed by atoms with Crippen LogP contribution < -0.4 is 10.1 Å². The lowest BCUT2D eigenvalue weighted by atomic mass is 9.96. The van der Waals surface area contributed by atoms with Crippen molar-refractivity contribution in [3.63, 3.8) is 0 Å². The highest BCUT2D eigenvalue weighted by atomic mass is 16.5. The number of para-hydroxylation sites is 1. The molecular weight excluding hydrogens is 322 g/mol. The van der Waals surface area contributed by atoms with E-state index < -0.39 is 0 Å². The summed E-state index contributed by atoms with van der Waals surface area (Å²) in [6, 6.07) is 26.3. The largest absolute Gasteiger partial charge is 0.457 e. The summed E-state index contributed by atoms with van der Waals surface area (Å²) in [5.74, 6) is 1.65. The molecule has 0 fully saturated rings. The number of benzene rings is 3. The number of aliphatic hydroxyl groups is 1. The fourth-order valence-electron chi connectivity index (χ4n) is 3.62. The van der Waals surface area contributed by atoms with Gasteiger partial charge < -0.3 is 15.2 Å². The van der Waals surface area contributed by atoms with Crippen molar-refractivity contribution >= 4 is 0 Å². The third kappa shape index (κ3) is 3.64. The van der Waals surface area contributed by atoms with Crippen LogP contribution in [0.25, 0.3) is 0 Å². The molecule has 3 aromatic carbocycles. The zero-order valence-corrected chi connectivity index (χ0v) is 14.7. The number of nitrogens with one attached hydrogen (secondary N) is 1. The highest BCUT2D eigenvalue weighted by Gasteiger charge is 2.35. The minimum absolute atomic E-state index is 0.127. The molecule has 2 N–H and O–H groups in total. The van der Waals surface area contributed by atoms with E-state index in [1.54, 1.807) is 0 Å². The van der Waals surface area contributed by atoms with E-state index in [-0.39, 0.29) is 12.1 Å². The molecule has 0 atom stereocenters. The Kier molecular flexibility index (Phi) is 4.74. The molecule has 0 spiro atoms. The van der Waals surface area contributed by atoms with Crippen LogP contribution in [0.3, 0.4) is 0 Å². The van der Waals surface area contributed by atoms with E-state index in [1.165, 1.54) is 11.1 Å². The number of rotatable bonds is 6. The van der Waals surface area contributed by atoms with Gasteiger partial charge in [-0.15, -0.1) is 0 Å². The van der Waals surface area contributed by atoms with E-state index >= 15 is 0 Å². The summed E-state index contributed by atoms with van der Waals surface area (Å²) < 4.78 is 5.92. The normalized spacial score (nSPS) is 14.8. The Morgan fingerprint density at radius 1 is 0.808 bits per heavy atom. The van der Waals surface area contributed by atoms with Gasteiger partial charge in [0.25, 0.3) is 0 Å². The van der Waals surface area contributed by atoms with Gasteiger partial charge >= 0.3 is 0 Å². The van der Waals surface area contributed by atoms with Crippen molar-refractivity contribution in [1.82, 2.24) is 5.32 Å². The van der Waals surface area contributed by atoms with E-state index in [0.717, 1.165) is 29.9 Å². The lowest BCUT2D eigenvalue weighted by Gasteiger charge is -2.28. The summed E-state index contributed by atoms with van der Waals surface area (Å²) in [5, 5.41) is 13.6. The summed E-state index contributed by atoms with van der Waals surface area (Å²) in [7, 11) is 0. The highest BCUT2D eigenvalue weighted by Crippen LogP contribution is 2.30. The first-order valence-electron chi connectivity index (χ1n) is 9.01. The minimum Gasteiger partial charge on any atom is -0.457 e. The molecule has 0 bridgehead atoms. The highest BCUT2D eigenvalue weighted by molar-refractivity contribution is 5.37. The molecule has 0 aliphatic heterocycles. The van der Waals surface area contributed by atoms with Crippen molar-refractivity contribution < 1.29 is 9.84 Å². The van der Waals surface area contributed by atoms with Crippen molar-refractivity contribution in [2.75, 3.05) is 6.61 Å². The first-order chi connectivity index (χ1) is 12.8. The molecule has 0 amide bonds. The SMILES string of the molecule is OCC1(NCc2cccc(Oc3ccccc3)c2)Cc2ccccc2C1. The molecule has 0 saturated carbocycles. The van der Waals surface area contributed by atoms with Crippen LogP contribution in [0.2, 0.25) is 0 Å². The molecular formula is C23H23NO2. The molecule has 0 aromatic heterocycles. The maximum Gasteiger partial charge on any atom is 0.127 e. The van der Waals surface area contributed by atoms with Crippen molar-refractivity contribution in [3.05, 3.63) is 95.6 Å². The molecule has 0 heterocycles. The van der Waals surface area contributed by atoms with Crippen molar-refractivity contribution in [2.45, 2.75) is 24.9 Å². The number of fused-ring (bicyclic) bond motifs is 1.